The Labute approximate surface area is 94.7 Å². The van der Waals surface area contributed by atoms with Crippen molar-refractivity contribution in [2.45, 2.75) is 19.3 Å². The third-order valence-corrected chi connectivity index (χ3v) is 2.36. The summed E-state index contributed by atoms with van der Waals surface area (Å²) in [5.74, 6) is 1.60. The highest BCUT2D eigenvalue weighted by molar-refractivity contribution is 5.06. The van der Waals surface area contributed by atoms with Gasteiger partial charge in [0, 0.05) is 0 Å². The van der Waals surface area contributed by atoms with Crippen LogP contribution >= 0.6 is 0 Å². The van der Waals surface area contributed by atoms with Crippen LogP contribution < -0.4 is 5.32 Å². The van der Waals surface area contributed by atoms with E-state index in [0.717, 1.165) is 36.7 Å². The molecule has 1 N–H and O–H groups in total. The zero-order valence-corrected chi connectivity index (χ0v) is 9.40. The third kappa shape index (κ3) is 2.97. The van der Waals surface area contributed by atoms with Crippen molar-refractivity contribution in [3.8, 4) is 0 Å². The summed E-state index contributed by atoms with van der Waals surface area (Å²) in [6, 6.07) is 3.79. The van der Waals surface area contributed by atoms with E-state index in [2.05, 4.69) is 10.3 Å². The number of furan rings is 1. The smallest absolute Gasteiger partial charge is 0.201 e. The molecule has 0 unspecified atom stereocenters. The second-order valence-electron chi connectivity index (χ2n) is 3.70. The van der Waals surface area contributed by atoms with Crippen LogP contribution in [0.15, 0.2) is 33.5 Å². The van der Waals surface area contributed by atoms with Gasteiger partial charge in [0.05, 0.1) is 18.4 Å². The van der Waals surface area contributed by atoms with E-state index in [1.165, 1.54) is 0 Å². The fourth-order valence-electron chi connectivity index (χ4n) is 1.55. The minimum absolute atomic E-state index is 0.624. The molecular formula is C12H16N2O2. The van der Waals surface area contributed by atoms with Crippen molar-refractivity contribution >= 4 is 0 Å². The van der Waals surface area contributed by atoms with Crippen LogP contribution in [0.1, 0.15) is 23.8 Å². The molecule has 0 saturated heterocycles. The molecule has 0 saturated carbocycles. The van der Waals surface area contributed by atoms with Crippen molar-refractivity contribution in [2.75, 3.05) is 13.6 Å². The lowest BCUT2D eigenvalue weighted by molar-refractivity contribution is 0.464. The molecule has 2 aromatic heterocycles. The predicted octanol–water partition coefficient (Wildman–Crippen LogP) is 2.01. The SMILES string of the molecule is CNCCCc1coc(Cc2ccco2)n1. The monoisotopic (exact) mass is 220 g/mol. The van der Waals surface area contributed by atoms with Crippen molar-refractivity contribution in [1.82, 2.24) is 10.3 Å². The van der Waals surface area contributed by atoms with Gasteiger partial charge in [-0.15, -0.1) is 0 Å². The van der Waals surface area contributed by atoms with Crippen LogP contribution in [0.2, 0.25) is 0 Å². The highest BCUT2D eigenvalue weighted by Gasteiger charge is 2.06. The third-order valence-electron chi connectivity index (χ3n) is 2.36. The lowest BCUT2D eigenvalue weighted by Gasteiger charge is -1.94. The molecule has 0 aliphatic heterocycles. The maximum atomic E-state index is 5.38. The molecule has 86 valence electrons. The number of oxazole rings is 1. The Hall–Kier alpha value is -1.55. The summed E-state index contributed by atoms with van der Waals surface area (Å²) in [5, 5.41) is 3.11. The summed E-state index contributed by atoms with van der Waals surface area (Å²) in [7, 11) is 1.95. The second-order valence-corrected chi connectivity index (χ2v) is 3.70. The topological polar surface area (TPSA) is 51.2 Å². The Morgan fingerprint density at radius 1 is 1.38 bits per heavy atom. The summed E-state index contributed by atoms with van der Waals surface area (Å²) in [4.78, 5) is 4.40. The van der Waals surface area contributed by atoms with E-state index in [9.17, 15) is 0 Å². The van der Waals surface area contributed by atoms with E-state index in [1.54, 1.807) is 12.5 Å². The van der Waals surface area contributed by atoms with Gasteiger partial charge in [-0.3, -0.25) is 0 Å². The van der Waals surface area contributed by atoms with Crippen molar-refractivity contribution in [3.05, 3.63) is 42.0 Å². The Morgan fingerprint density at radius 2 is 2.31 bits per heavy atom. The first-order valence-corrected chi connectivity index (χ1v) is 5.49. The largest absolute Gasteiger partial charge is 0.469 e. The highest BCUT2D eigenvalue weighted by Crippen LogP contribution is 2.10. The molecule has 0 aliphatic rings. The van der Waals surface area contributed by atoms with E-state index in [1.807, 2.05) is 19.2 Å². The molecule has 0 spiro atoms. The number of hydrogen-bond donors (Lipinski definition) is 1. The van der Waals surface area contributed by atoms with E-state index in [-0.39, 0.29) is 0 Å². The number of rotatable bonds is 6. The summed E-state index contributed by atoms with van der Waals surface area (Å²) in [6.45, 7) is 1.00. The van der Waals surface area contributed by atoms with Crippen LogP contribution in [0.3, 0.4) is 0 Å². The number of nitrogens with one attached hydrogen (secondary N) is 1. The summed E-state index contributed by atoms with van der Waals surface area (Å²) in [5.41, 5.74) is 1.01. The first-order valence-electron chi connectivity index (χ1n) is 5.49. The molecule has 4 nitrogen and oxygen atoms in total. The van der Waals surface area contributed by atoms with Crippen LogP contribution in [0, 0.1) is 0 Å². The maximum absolute atomic E-state index is 5.38. The second kappa shape index (κ2) is 5.51. The van der Waals surface area contributed by atoms with Gasteiger partial charge in [-0.1, -0.05) is 0 Å². The summed E-state index contributed by atoms with van der Waals surface area (Å²) < 4.78 is 10.6. The molecule has 0 aliphatic carbocycles. The van der Waals surface area contributed by atoms with Crippen LogP contribution in [0.5, 0.6) is 0 Å². The standard InChI is InChI=1S/C12H16N2O2/c1-13-6-2-4-10-9-16-12(14-10)8-11-5-3-7-15-11/h3,5,7,9,13H,2,4,6,8H2,1H3. The molecular weight excluding hydrogens is 204 g/mol. The first-order chi connectivity index (χ1) is 7.88. The Bertz CT molecular complexity index is 406. The van der Waals surface area contributed by atoms with Crippen molar-refractivity contribution in [2.24, 2.45) is 0 Å². The Balaban J connectivity index is 1.87. The minimum Gasteiger partial charge on any atom is -0.469 e. The number of aromatic nitrogens is 1. The van der Waals surface area contributed by atoms with Crippen molar-refractivity contribution < 1.29 is 8.83 Å². The molecule has 16 heavy (non-hydrogen) atoms. The predicted molar refractivity (Wildman–Crippen MR) is 60.3 cm³/mol. The Morgan fingerprint density at radius 3 is 3.06 bits per heavy atom. The number of nitrogens with zero attached hydrogens (tertiary/aromatic N) is 1. The zero-order valence-electron chi connectivity index (χ0n) is 9.40. The van der Waals surface area contributed by atoms with Gasteiger partial charge in [-0.05, 0) is 38.6 Å². The maximum Gasteiger partial charge on any atom is 0.201 e. The first kappa shape index (κ1) is 11.0. The molecule has 0 aromatic carbocycles. The summed E-state index contributed by atoms with van der Waals surface area (Å²) >= 11 is 0. The van der Waals surface area contributed by atoms with Crippen LogP contribution in [-0.4, -0.2) is 18.6 Å². The molecule has 0 amide bonds. The van der Waals surface area contributed by atoms with E-state index >= 15 is 0 Å². The lowest BCUT2D eigenvalue weighted by Crippen LogP contribution is -2.08. The van der Waals surface area contributed by atoms with Gasteiger partial charge in [0.15, 0.2) is 0 Å². The molecule has 0 radical (unpaired) electrons. The summed E-state index contributed by atoms with van der Waals surface area (Å²) in [6.07, 6.45) is 6.03. The van der Waals surface area contributed by atoms with Gasteiger partial charge in [-0.2, -0.15) is 0 Å². The van der Waals surface area contributed by atoms with Gasteiger partial charge < -0.3 is 14.2 Å². The van der Waals surface area contributed by atoms with E-state index < -0.39 is 0 Å². The van der Waals surface area contributed by atoms with Gasteiger partial charge in [0.1, 0.15) is 12.0 Å². The van der Waals surface area contributed by atoms with Gasteiger partial charge >= 0.3 is 0 Å². The van der Waals surface area contributed by atoms with Gasteiger partial charge in [0.25, 0.3) is 0 Å². The van der Waals surface area contributed by atoms with Crippen LogP contribution in [0.4, 0.5) is 0 Å². The van der Waals surface area contributed by atoms with Crippen LogP contribution in [0.25, 0.3) is 0 Å². The minimum atomic E-state index is 0.624. The van der Waals surface area contributed by atoms with Gasteiger partial charge in [-0.25, -0.2) is 4.98 Å². The average molecular weight is 220 g/mol. The molecule has 0 atom stereocenters. The Kier molecular flexibility index (Phi) is 3.77. The molecule has 4 heteroatoms. The number of hydrogen-bond acceptors (Lipinski definition) is 4. The highest BCUT2D eigenvalue weighted by atomic mass is 16.3. The van der Waals surface area contributed by atoms with Crippen molar-refractivity contribution in [1.29, 1.82) is 0 Å². The normalized spacial score (nSPS) is 10.8. The fraction of sp³-hybridized carbons (Fsp3) is 0.417. The molecule has 2 aromatic rings. The molecule has 0 bridgehead atoms. The molecule has 0 fully saturated rings. The van der Waals surface area contributed by atoms with Crippen molar-refractivity contribution in [3.63, 3.8) is 0 Å². The quantitative estimate of drug-likeness (QED) is 0.756. The zero-order chi connectivity index (χ0) is 11.2. The van der Waals surface area contributed by atoms with Crippen LogP contribution in [-0.2, 0) is 12.8 Å². The molecule has 2 heterocycles. The van der Waals surface area contributed by atoms with E-state index in [0.29, 0.717) is 6.42 Å². The molecule has 2 rings (SSSR count). The lowest BCUT2D eigenvalue weighted by atomic mass is 10.2. The van der Waals surface area contributed by atoms with E-state index in [4.69, 9.17) is 8.83 Å². The number of aryl methyl sites for hydroxylation is 1. The van der Waals surface area contributed by atoms with Gasteiger partial charge in [0.2, 0.25) is 5.89 Å². The average Bonchev–Trinajstić information content (AvgIpc) is 2.91. The fourth-order valence-corrected chi connectivity index (χ4v) is 1.55.